The predicted molar refractivity (Wildman–Crippen MR) is 57.6 cm³/mol. The highest BCUT2D eigenvalue weighted by atomic mass is 19.4. The fourth-order valence-corrected chi connectivity index (χ4v) is 2.40. The van der Waals surface area contributed by atoms with Crippen molar-refractivity contribution in [1.82, 2.24) is 9.55 Å². The first kappa shape index (κ1) is 10.6. The molecule has 1 atom stereocenters. The molecule has 1 aromatic heterocycles. The Morgan fingerprint density at radius 2 is 2.12 bits per heavy atom. The molecule has 0 saturated heterocycles. The normalized spacial score (nSPS) is 19.9. The van der Waals surface area contributed by atoms with Crippen LogP contribution in [0.3, 0.4) is 0 Å². The summed E-state index contributed by atoms with van der Waals surface area (Å²) in [4.78, 5) is 4.36. The van der Waals surface area contributed by atoms with E-state index in [4.69, 9.17) is 0 Å². The van der Waals surface area contributed by atoms with Crippen molar-refractivity contribution in [1.29, 1.82) is 0 Å². The van der Waals surface area contributed by atoms with E-state index in [0.29, 0.717) is 17.0 Å². The molecule has 2 heterocycles. The molecule has 1 aliphatic heterocycles. The highest BCUT2D eigenvalue weighted by Crippen LogP contribution is 2.33. The second-order valence-corrected chi connectivity index (χ2v) is 4.65. The molecule has 0 N–H and O–H groups in total. The maximum Gasteiger partial charge on any atom is 0.416 e. The van der Waals surface area contributed by atoms with Gasteiger partial charge in [0.2, 0.25) is 0 Å². The van der Waals surface area contributed by atoms with Crippen molar-refractivity contribution in [2.24, 2.45) is 5.92 Å². The van der Waals surface area contributed by atoms with Gasteiger partial charge in [0.1, 0.15) is 5.82 Å². The molecule has 3 rings (SSSR count). The van der Waals surface area contributed by atoms with Crippen molar-refractivity contribution in [3.63, 3.8) is 0 Å². The van der Waals surface area contributed by atoms with Crippen molar-refractivity contribution in [3.05, 3.63) is 29.6 Å². The number of alkyl halides is 3. The number of benzene rings is 1. The van der Waals surface area contributed by atoms with E-state index in [-0.39, 0.29) is 0 Å². The van der Waals surface area contributed by atoms with Crippen molar-refractivity contribution in [2.45, 2.75) is 26.1 Å². The standard InChI is InChI=1S/C12H11F3N2/c1-7-4-11-16-9-3-2-8(12(13,14)15)5-10(9)17(11)6-7/h2-3,5,7H,4,6H2,1H3/t7-/m0/s1. The van der Waals surface area contributed by atoms with Crippen LogP contribution in [0.25, 0.3) is 11.0 Å². The molecule has 90 valence electrons. The molecule has 0 radical (unpaired) electrons. The van der Waals surface area contributed by atoms with Gasteiger partial charge in [-0.25, -0.2) is 4.98 Å². The highest BCUT2D eigenvalue weighted by Gasteiger charge is 2.31. The molecular formula is C12H11F3N2. The third kappa shape index (κ3) is 1.61. The zero-order valence-electron chi connectivity index (χ0n) is 9.25. The molecular weight excluding hydrogens is 229 g/mol. The Labute approximate surface area is 96.1 Å². The summed E-state index contributed by atoms with van der Waals surface area (Å²) in [5.74, 6) is 1.35. The average molecular weight is 240 g/mol. The molecule has 0 amide bonds. The quantitative estimate of drug-likeness (QED) is 0.691. The van der Waals surface area contributed by atoms with E-state index in [1.54, 1.807) is 0 Å². The lowest BCUT2D eigenvalue weighted by Crippen LogP contribution is -2.05. The van der Waals surface area contributed by atoms with E-state index in [2.05, 4.69) is 11.9 Å². The summed E-state index contributed by atoms with van der Waals surface area (Å²) in [6.45, 7) is 2.83. The van der Waals surface area contributed by atoms with Gasteiger partial charge in [-0.3, -0.25) is 0 Å². The highest BCUT2D eigenvalue weighted by molar-refractivity contribution is 5.77. The minimum atomic E-state index is -4.29. The van der Waals surface area contributed by atoms with Crippen molar-refractivity contribution in [2.75, 3.05) is 0 Å². The van der Waals surface area contributed by atoms with Gasteiger partial charge in [-0.15, -0.1) is 0 Å². The maximum atomic E-state index is 12.6. The van der Waals surface area contributed by atoms with Crippen LogP contribution in [0, 0.1) is 5.92 Å². The van der Waals surface area contributed by atoms with E-state index in [9.17, 15) is 13.2 Å². The van der Waals surface area contributed by atoms with Crippen LogP contribution in [0.1, 0.15) is 18.3 Å². The van der Waals surface area contributed by atoms with Crippen LogP contribution in [-0.4, -0.2) is 9.55 Å². The number of aromatic nitrogens is 2. The summed E-state index contributed by atoms with van der Waals surface area (Å²) in [5.41, 5.74) is 0.645. The van der Waals surface area contributed by atoms with Gasteiger partial charge >= 0.3 is 6.18 Å². The fourth-order valence-electron chi connectivity index (χ4n) is 2.40. The predicted octanol–water partition coefficient (Wildman–Crippen LogP) is 3.25. The first-order chi connectivity index (χ1) is 7.95. The SMILES string of the molecule is C[C@H]1Cc2nc3ccc(C(F)(F)F)cc3n2C1. The Bertz CT molecular complexity index is 583. The molecule has 17 heavy (non-hydrogen) atoms. The topological polar surface area (TPSA) is 17.8 Å². The number of imidazole rings is 1. The molecule has 1 aliphatic rings. The van der Waals surface area contributed by atoms with Gasteiger partial charge in [0.05, 0.1) is 16.6 Å². The number of hydrogen-bond donors (Lipinski definition) is 0. The lowest BCUT2D eigenvalue weighted by Gasteiger charge is -2.07. The lowest BCUT2D eigenvalue weighted by molar-refractivity contribution is -0.137. The minimum absolute atomic E-state index is 0.455. The largest absolute Gasteiger partial charge is 0.416 e. The summed E-state index contributed by atoms with van der Waals surface area (Å²) in [6.07, 6.45) is -3.45. The summed E-state index contributed by atoms with van der Waals surface area (Å²) in [6, 6.07) is 3.74. The van der Waals surface area contributed by atoms with E-state index < -0.39 is 11.7 Å². The molecule has 0 unspecified atom stereocenters. The van der Waals surface area contributed by atoms with Crippen molar-refractivity contribution < 1.29 is 13.2 Å². The number of hydrogen-bond acceptors (Lipinski definition) is 1. The number of halogens is 3. The van der Waals surface area contributed by atoms with Gasteiger partial charge in [0.25, 0.3) is 0 Å². The Morgan fingerprint density at radius 1 is 1.35 bits per heavy atom. The van der Waals surface area contributed by atoms with E-state index in [1.165, 1.54) is 12.1 Å². The van der Waals surface area contributed by atoms with Gasteiger partial charge in [-0.2, -0.15) is 13.2 Å². The third-order valence-corrected chi connectivity index (χ3v) is 3.18. The number of rotatable bonds is 0. The first-order valence-electron chi connectivity index (χ1n) is 5.51. The van der Waals surface area contributed by atoms with Gasteiger partial charge in [-0.1, -0.05) is 6.92 Å². The smallest absolute Gasteiger partial charge is 0.328 e. The second-order valence-electron chi connectivity index (χ2n) is 4.65. The van der Waals surface area contributed by atoms with Crippen molar-refractivity contribution >= 4 is 11.0 Å². The molecule has 0 aliphatic carbocycles. The van der Waals surface area contributed by atoms with E-state index >= 15 is 0 Å². The Kier molecular flexibility index (Phi) is 2.03. The monoisotopic (exact) mass is 240 g/mol. The summed E-state index contributed by atoms with van der Waals surface area (Å²) in [5, 5.41) is 0. The van der Waals surface area contributed by atoms with Gasteiger partial charge in [0, 0.05) is 13.0 Å². The molecule has 2 aromatic rings. The molecule has 0 spiro atoms. The second kappa shape index (κ2) is 3.24. The molecule has 2 nitrogen and oxygen atoms in total. The van der Waals surface area contributed by atoms with Crippen LogP contribution >= 0.6 is 0 Å². The van der Waals surface area contributed by atoms with Gasteiger partial charge in [0.15, 0.2) is 0 Å². The van der Waals surface area contributed by atoms with Crippen LogP contribution in [0.2, 0.25) is 0 Å². The zero-order valence-corrected chi connectivity index (χ0v) is 9.25. The van der Waals surface area contributed by atoms with Crippen LogP contribution < -0.4 is 0 Å². The third-order valence-electron chi connectivity index (χ3n) is 3.18. The van der Waals surface area contributed by atoms with E-state index in [0.717, 1.165) is 24.9 Å². The summed E-state index contributed by atoms with van der Waals surface area (Å²) in [7, 11) is 0. The molecule has 0 fully saturated rings. The molecule has 1 aromatic carbocycles. The molecule has 0 bridgehead atoms. The van der Waals surface area contributed by atoms with Crippen LogP contribution in [0.15, 0.2) is 18.2 Å². The minimum Gasteiger partial charge on any atom is -0.328 e. The van der Waals surface area contributed by atoms with E-state index in [1.807, 2.05) is 4.57 Å². The fraction of sp³-hybridized carbons (Fsp3) is 0.417. The summed E-state index contributed by atoms with van der Waals surface area (Å²) < 4.78 is 39.8. The molecule has 5 heteroatoms. The lowest BCUT2D eigenvalue weighted by atomic mass is 10.1. The molecule has 0 saturated carbocycles. The van der Waals surface area contributed by atoms with Crippen LogP contribution in [-0.2, 0) is 19.1 Å². The van der Waals surface area contributed by atoms with Gasteiger partial charge in [-0.05, 0) is 24.1 Å². The number of nitrogens with zero attached hydrogens (tertiary/aromatic N) is 2. The Hall–Kier alpha value is -1.52. The van der Waals surface area contributed by atoms with Crippen molar-refractivity contribution in [3.8, 4) is 0 Å². The van der Waals surface area contributed by atoms with Gasteiger partial charge < -0.3 is 4.57 Å². The summed E-state index contributed by atoms with van der Waals surface area (Å²) >= 11 is 0. The van der Waals surface area contributed by atoms with Crippen LogP contribution in [0.5, 0.6) is 0 Å². The zero-order chi connectivity index (χ0) is 12.2. The van der Waals surface area contributed by atoms with Crippen LogP contribution in [0.4, 0.5) is 13.2 Å². The first-order valence-corrected chi connectivity index (χ1v) is 5.51. The Morgan fingerprint density at radius 3 is 2.82 bits per heavy atom. The number of fused-ring (bicyclic) bond motifs is 3. The Balaban J connectivity index is 2.19. The average Bonchev–Trinajstić information content (AvgIpc) is 2.71. The maximum absolute atomic E-state index is 12.6.